The zero-order valence-electron chi connectivity index (χ0n) is 15.2. The number of nitrogens with zero attached hydrogens (tertiary/aromatic N) is 4. The van der Waals surface area contributed by atoms with Crippen LogP contribution in [0.25, 0.3) is 0 Å². The lowest BCUT2D eigenvalue weighted by Gasteiger charge is -2.38. The first kappa shape index (κ1) is 18.8. The molecule has 2 N–H and O–H groups in total. The fourth-order valence-electron chi connectivity index (χ4n) is 3.25. The Balaban J connectivity index is 1.66. The molecule has 1 aliphatic rings. The van der Waals surface area contributed by atoms with Crippen molar-refractivity contribution in [2.24, 2.45) is 12.0 Å². The largest absolute Gasteiger partial charge is 0.381 e. The van der Waals surface area contributed by atoms with Crippen molar-refractivity contribution in [2.45, 2.75) is 24.8 Å². The summed E-state index contributed by atoms with van der Waals surface area (Å²) in [6.45, 7) is 2.94. The summed E-state index contributed by atoms with van der Waals surface area (Å²) in [5.74, 6) is 1.62. The van der Waals surface area contributed by atoms with E-state index in [9.17, 15) is 0 Å². The van der Waals surface area contributed by atoms with Crippen LogP contribution >= 0.6 is 15.9 Å². The maximum absolute atomic E-state index is 5.61. The third kappa shape index (κ3) is 4.42. The van der Waals surface area contributed by atoms with Gasteiger partial charge in [0.1, 0.15) is 12.2 Å². The van der Waals surface area contributed by atoms with Crippen molar-refractivity contribution >= 4 is 21.9 Å². The average molecular weight is 421 g/mol. The van der Waals surface area contributed by atoms with Crippen molar-refractivity contribution in [3.05, 3.63) is 46.5 Å². The summed E-state index contributed by atoms with van der Waals surface area (Å²) in [7, 11) is 3.66. The summed E-state index contributed by atoms with van der Waals surface area (Å²) < 4.78 is 8.46. The normalized spacial score (nSPS) is 17.1. The van der Waals surface area contributed by atoms with Gasteiger partial charge in [-0.1, -0.05) is 28.1 Å². The highest BCUT2D eigenvalue weighted by molar-refractivity contribution is 9.10. The van der Waals surface area contributed by atoms with E-state index in [1.165, 1.54) is 5.56 Å². The topological polar surface area (TPSA) is 76.4 Å². The van der Waals surface area contributed by atoms with Crippen LogP contribution in [0.1, 0.15) is 24.2 Å². The van der Waals surface area contributed by atoms with E-state index in [2.05, 4.69) is 65.9 Å². The molecule has 3 rings (SSSR count). The highest BCUT2D eigenvalue weighted by Crippen LogP contribution is 2.34. The van der Waals surface area contributed by atoms with Crippen LogP contribution in [0.15, 0.2) is 40.1 Å². The molecule has 1 fully saturated rings. The predicted octanol–water partition coefficient (Wildman–Crippen LogP) is 1.99. The fraction of sp³-hybridized carbons (Fsp3) is 0.500. The van der Waals surface area contributed by atoms with Gasteiger partial charge in [0.15, 0.2) is 5.96 Å². The van der Waals surface area contributed by atoms with E-state index >= 15 is 0 Å². The zero-order valence-corrected chi connectivity index (χ0v) is 16.8. The minimum Gasteiger partial charge on any atom is -0.381 e. The molecule has 0 amide bonds. The molecule has 0 spiro atoms. The van der Waals surface area contributed by atoms with Gasteiger partial charge in [-0.2, -0.15) is 5.10 Å². The Morgan fingerprint density at radius 2 is 2.00 bits per heavy atom. The van der Waals surface area contributed by atoms with E-state index in [-0.39, 0.29) is 5.41 Å². The van der Waals surface area contributed by atoms with E-state index in [4.69, 9.17) is 4.74 Å². The number of hydrogen-bond acceptors (Lipinski definition) is 4. The molecule has 1 aromatic carbocycles. The van der Waals surface area contributed by atoms with E-state index < -0.39 is 0 Å². The average Bonchev–Trinajstić information content (AvgIpc) is 3.08. The number of aryl methyl sites for hydroxylation is 1. The highest BCUT2D eigenvalue weighted by atomic mass is 79.9. The second-order valence-electron chi connectivity index (χ2n) is 6.48. The molecule has 1 aromatic heterocycles. The summed E-state index contributed by atoms with van der Waals surface area (Å²) in [6.07, 6.45) is 3.53. The first-order chi connectivity index (χ1) is 12.6. The molecule has 0 atom stereocenters. The lowest BCUT2D eigenvalue weighted by Crippen LogP contribution is -2.48. The third-order valence-corrected chi connectivity index (χ3v) is 5.47. The number of aromatic nitrogens is 3. The molecule has 0 aliphatic carbocycles. The molecule has 2 aromatic rings. The van der Waals surface area contributed by atoms with Crippen LogP contribution in [-0.2, 0) is 23.7 Å². The Bertz CT molecular complexity index is 736. The molecular weight excluding hydrogens is 396 g/mol. The Morgan fingerprint density at radius 1 is 1.27 bits per heavy atom. The number of guanidine groups is 1. The Kier molecular flexibility index (Phi) is 6.26. The maximum atomic E-state index is 5.61. The molecule has 0 radical (unpaired) electrons. The smallest absolute Gasteiger partial charge is 0.191 e. The van der Waals surface area contributed by atoms with Gasteiger partial charge in [0, 0.05) is 43.7 Å². The fourth-order valence-corrected chi connectivity index (χ4v) is 3.51. The molecule has 8 heteroatoms. The summed E-state index contributed by atoms with van der Waals surface area (Å²) in [5, 5.41) is 10.9. The first-order valence-corrected chi connectivity index (χ1v) is 9.53. The van der Waals surface area contributed by atoms with Crippen LogP contribution in [0.3, 0.4) is 0 Å². The standard InChI is InChI=1S/C18H25BrN6O/c1-20-17(21-11-16-23-13-24-25(16)2)22-12-18(7-9-26-10-8-18)14-3-5-15(19)6-4-14/h3-6,13H,7-12H2,1-2H3,(H2,20,21,22). The van der Waals surface area contributed by atoms with Gasteiger partial charge in [-0.25, -0.2) is 4.98 Å². The lowest BCUT2D eigenvalue weighted by atomic mass is 9.74. The van der Waals surface area contributed by atoms with E-state index in [1.807, 2.05) is 7.05 Å². The van der Waals surface area contributed by atoms with Gasteiger partial charge in [-0.15, -0.1) is 0 Å². The van der Waals surface area contributed by atoms with Crippen LogP contribution in [0.4, 0.5) is 0 Å². The number of rotatable bonds is 5. The second kappa shape index (κ2) is 8.64. The quantitative estimate of drug-likeness (QED) is 0.571. The van der Waals surface area contributed by atoms with Crippen molar-refractivity contribution in [3.8, 4) is 0 Å². The van der Waals surface area contributed by atoms with E-state index in [0.29, 0.717) is 6.54 Å². The monoisotopic (exact) mass is 420 g/mol. The van der Waals surface area contributed by atoms with Crippen LogP contribution in [0, 0.1) is 0 Å². The molecule has 7 nitrogen and oxygen atoms in total. The first-order valence-electron chi connectivity index (χ1n) is 8.74. The molecule has 140 valence electrons. The molecule has 26 heavy (non-hydrogen) atoms. The van der Waals surface area contributed by atoms with Gasteiger partial charge in [-0.05, 0) is 30.5 Å². The van der Waals surface area contributed by atoms with Crippen LogP contribution < -0.4 is 10.6 Å². The molecule has 0 bridgehead atoms. The summed E-state index contributed by atoms with van der Waals surface area (Å²) in [6, 6.07) is 8.61. The molecule has 1 aliphatic heterocycles. The van der Waals surface area contributed by atoms with Gasteiger partial charge >= 0.3 is 0 Å². The minimum atomic E-state index is 0.0430. The lowest BCUT2D eigenvalue weighted by molar-refractivity contribution is 0.0514. The van der Waals surface area contributed by atoms with Crippen molar-refractivity contribution in [3.63, 3.8) is 0 Å². The van der Waals surface area contributed by atoms with Crippen molar-refractivity contribution in [1.29, 1.82) is 0 Å². The van der Waals surface area contributed by atoms with Crippen molar-refractivity contribution < 1.29 is 4.74 Å². The zero-order chi connectivity index (χ0) is 18.4. The van der Waals surface area contributed by atoms with Gasteiger partial charge in [-0.3, -0.25) is 9.67 Å². The number of halogens is 1. The summed E-state index contributed by atoms with van der Waals surface area (Å²) >= 11 is 3.52. The van der Waals surface area contributed by atoms with Crippen molar-refractivity contribution in [1.82, 2.24) is 25.4 Å². The number of aliphatic imine (C=N–C) groups is 1. The summed E-state index contributed by atoms with van der Waals surface area (Å²) in [4.78, 5) is 8.57. The van der Waals surface area contributed by atoms with Crippen molar-refractivity contribution in [2.75, 3.05) is 26.8 Å². The van der Waals surface area contributed by atoms with Crippen LogP contribution in [0.5, 0.6) is 0 Å². The van der Waals surface area contributed by atoms with E-state index in [1.54, 1.807) is 18.1 Å². The van der Waals surface area contributed by atoms with Crippen LogP contribution in [0.2, 0.25) is 0 Å². The Hall–Kier alpha value is -1.93. The number of ether oxygens (including phenoxy) is 1. The van der Waals surface area contributed by atoms with Gasteiger partial charge in [0.05, 0.1) is 6.54 Å². The number of nitrogens with one attached hydrogen (secondary N) is 2. The van der Waals surface area contributed by atoms with Crippen LogP contribution in [-0.4, -0.2) is 47.5 Å². The van der Waals surface area contributed by atoms with Gasteiger partial charge < -0.3 is 15.4 Å². The number of benzene rings is 1. The second-order valence-corrected chi connectivity index (χ2v) is 7.39. The minimum absolute atomic E-state index is 0.0430. The maximum Gasteiger partial charge on any atom is 0.191 e. The Labute approximate surface area is 162 Å². The Morgan fingerprint density at radius 3 is 2.62 bits per heavy atom. The number of hydrogen-bond donors (Lipinski definition) is 2. The predicted molar refractivity (Wildman–Crippen MR) is 105 cm³/mol. The molecule has 2 heterocycles. The molecule has 0 saturated carbocycles. The molecular formula is C18H25BrN6O. The molecule has 1 saturated heterocycles. The third-order valence-electron chi connectivity index (χ3n) is 4.94. The summed E-state index contributed by atoms with van der Waals surface area (Å²) in [5.41, 5.74) is 1.38. The highest BCUT2D eigenvalue weighted by Gasteiger charge is 2.34. The SMILES string of the molecule is CN=C(NCc1ncnn1C)NCC1(c2ccc(Br)cc2)CCOCC1. The van der Waals surface area contributed by atoms with Gasteiger partial charge in [0.2, 0.25) is 0 Å². The molecule has 0 unspecified atom stereocenters. The van der Waals surface area contributed by atoms with Gasteiger partial charge in [0.25, 0.3) is 0 Å². The van der Waals surface area contributed by atoms with E-state index in [0.717, 1.165) is 48.9 Å².